The van der Waals surface area contributed by atoms with Crippen LogP contribution in [0.1, 0.15) is 5.56 Å². The van der Waals surface area contributed by atoms with E-state index in [1.165, 1.54) is 28.7 Å². The van der Waals surface area contributed by atoms with E-state index in [9.17, 15) is 12.8 Å². The van der Waals surface area contributed by atoms with Crippen molar-refractivity contribution in [3.63, 3.8) is 0 Å². The van der Waals surface area contributed by atoms with Crippen molar-refractivity contribution in [3.05, 3.63) is 54.0 Å². The maximum atomic E-state index is 13.7. The molecule has 0 aliphatic carbocycles. The van der Waals surface area contributed by atoms with Gasteiger partial charge >= 0.3 is 0 Å². The normalized spacial score (nSPS) is 14.4. The van der Waals surface area contributed by atoms with Crippen molar-refractivity contribution >= 4 is 15.7 Å². The Bertz CT molecular complexity index is 764. The minimum Gasteiger partial charge on any atom is -0.474 e. The predicted molar refractivity (Wildman–Crippen MR) is 76.1 cm³/mol. The van der Waals surface area contributed by atoms with Gasteiger partial charge < -0.3 is 4.74 Å². The summed E-state index contributed by atoms with van der Waals surface area (Å²) in [5, 5.41) is 0. The molecule has 0 bridgehead atoms. The average molecular weight is 308 g/mol. The molecule has 1 aromatic carbocycles. The molecular formula is C14H13FN2O3S. The van der Waals surface area contributed by atoms with Crippen LogP contribution in [0.4, 0.5) is 10.1 Å². The summed E-state index contributed by atoms with van der Waals surface area (Å²) in [7, 11) is -3.70. The highest BCUT2D eigenvalue weighted by Gasteiger charge is 2.29. The highest BCUT2D eigenvalue weighted by molar-refractivity contribution is 7.92. The van der Waals surface area contributed by atoms with Crippen LogP contribution in [-0.2, 0) is 15.8 Å². The first-order chi connectivity index (χ1) is 10.1. The van der Waals surface area contributed by atoms with Gasteiger partial charge in [0.15, 0.2) is 0 Å². The lowest BCUT2D eigenvalue weighted by molar-refractivity contribution is 0.303. The third-order valence-corrected chi connectivity index (χ3v) is 4.91. The third-order valence-electron chi connectivity index (χ3n) is 3.18. The molecule has 1 aliphatic rings. The lowest BCUT2D eigenvalue weighted by Crippen LogP contribution is -2.39. The van der Waals surface area contributed by atoms with Gasteiger partial charge in [-0.2, -0.15) is 0 Å². The van der Waals surface area contributed by atoms with Crippen LogP contribution >= 0.6 is 0 Å². The zero-order chi connectivity index (χ0) is 14.9. The van der Waals surface area contributed by atoms with E-state index < -0.39 is 21.6 Å². The number of pyridine rings is 1. The highest BCUT2D eigenvalue weighted by Crippen LogP contribution is 2.31. The van der Waals surface area contributed by atoms with Crippen molar-refractivity contribution in [1.29, 1.82) is 0 Å². The zero-order valence-electron chi connectivity index (χ0n) is 11.1. The zero-order valence-corrected chi connectivity index (χ0v) is 11.9. The van der Waals surface area contributed by atoms with Crippen molar-refractivity contribution in [3.8, 4) is 5.88 Å². The predicted octanol–water partition coefficient (Wildman–Crippen LogP) is 1.95. The lowest BCUT2D eigenvalue weighted by Gasteiger charge is -2.29. The number of hydrogen-bond donors (Lipinski definition) is 0. The first kappa shape index (κ1) is 13.8. The Balaban J connectivity index is 1.95. The largest absolute Gasteiger partial charge is 0.474 e. The van der Waals surface area contributed by atoms with Crippen LogP contribution in [0.25, 0.3) is 0 Å². The Morgan fingerprint density at radius 3 is 2.86 bits per heavy atom. The van der Waals surface area contributed by atoms with E-state index in [1.807, 2.05) is 0 Å². The van der Waals surface area contributed by atoms with Crippen molar-refractivity contribution in [2.24, 2.45) is 0 Å². The molecule has 1 aromatic heterocycles. The Kier molecular flexibility index (Phi) is 3.50. The van der Waals surface area contributed by atoms with Crippen LogP contribution in [0.3, 0.4) is 0 Å². The van der Waals surface area contributed by atoms with E-state index in [2.05, 4.69) is 4.98 Å². The molecule has 110 valence electrons. The number of aromatic nitrogens is 1. The van der Waals surface area contributed by atoms with E-state index >= 15 is 0 Å². The maximum Gasteiger partial charge on any atom is 0.239 e. The summed E-state index contributed by atoms with van der Waals surface area (Å²) in [6, 6.07) is 9.12. The standard InChI is InChI=1S/C14H13FN2O3S/c15-12-5-2-1-4-11(12)10-21(18,19)17-8-9-20-14-13(17)6-3-7-16-14/h1-7H,8-10H2. The molecule has 0 radical (unpaired) electrons. The molecule has 0 saturated heterocycles. The average Bonchev–Trinajstić information content (AvgIpc) is 2.49. The Morgan fingerprint density at radius 1 is 1.24 bits per heavy atom. The summed E-state index contributed by atoms with van der Waals surface area (Å²) in [5.41, 5.74) is 0.537. The number of hydrogen-bond acceptors (Lipinski definition) is 4. The number of nitrogens with zero attached hydrogens (tertiary/aromatic N) is 2. The number of anilines is 1. The molecule has 3 rings (SSSR count). The molecule has 5 nitrogen and oxygen atoms in total. The maximum absolute atomic E-state index is 13.7. The molecule has 0 fully saturated rings. The topological polar surface area (TPSA) is 59.5 Å². The summed E-state index contributed by atoms with van der Waals surface area (Å²) in [6.07, 6.45) is 1.53. The fraction of sp³-hybridized carbons (Fsp3) is 0.214. The second kappa shape index (κ2) is 5.33. The van der Waals surface area contributed by atoms with Crippen LogP contribution in [-0.4, -0.2) is 26.6 Å². The molecule has 7 heteroatoms. The first-order valence-corrected chi connectivity index (χ1v) is 8.00. The van der Waals surface area contributed by atoms with Crippen LogP contribution in [0.5, 0.6) is 5.88 Å². The molecule has 0 amide bonds. The fourth-order valence-corrected chi connectivity index (χ4v) is 3.78. The SMILES string of the molecule is O=S(=O)(Cc1ccccc1F)N1CCOc2ncccc21. The highest BCUT2D eigenvalue weighted by atomic mass is 32.2. The van der Waals surface area contributed by atoms with Gasteiger partial charge in [0.1, 0.15) is 18.1 Å². The smallest absolute Gasteiger partial charge is 0.239 e. The molecule has 0 unspecified atom stereocenters. The number of halogens is 1. The van der Waals surface area contributed by atoms with Gasteiger partial charge in [-0.3, -0.25) is 4.31 Å². The van der Waals surface area contributed by atoms with E-state index in [0.717, 1.165) is 0 Å². The Morgan fingerprint density at radius 2 is 2.05 bits per heavy atom. The second-order valence-corrected chi connectivity index (χ2v) is 6.49. The van der Waals surface area contributed by atoms with Crippen molar-refractivity contribution < 1.29 is 17.5 Å². The number of benzene rings is 1. The van der Waals surface area contributed by atoms with Gasteiger partial charge in [-0.05, 0) is 18.2 Å². The number of rotatable bonds is 3. The molecule has 0 spiro atoms. The van der Waals surface area contributed by atoms with Crippen molar-refractivity contribution in [2.45, 2.75) is 5.75 Å². The molecule has 21 heavy (non-hydrogen) atoms. The Labute approximate surface area is 122 Å². The number of ether oxygens (including phenoxy) is 1. The third kappa shape index (κ3) is 2.69. The van der Waals surface area contributed by atoms with Gasteiger partial charge in [-0.25, -0.2) is 17.8 Å². The molecule has 2 heterocycles. The molecule has 0 saturated carbocycles. The number of sulfonamides is 1. The van der Waals surface area contributed by atoms with E-state index in [1.54, 1.807) is 18.2 Å². The second-order valence-electron chi connectivity index (χ2n) is 4.60. The van der Waals surface area contributed by atoms with E-state index in [0.29, 0.717) is 5.69 Å². The first-order valence-electron chi connectivity index (χ1n) is 6.39. The Hall–Kier alpha value is -2.15. The van der Waals surface area contributed by atoms with Gasteiger partial charge in [0.2, 0.25) is 15.9 Å². The molecule has 0 N–H and O–H groups in total. The monoisotopic (exact) mass is 308 g/mol. The fourth-order valence-electron chi connectivity index (χ4n) is 2.21. The van der Waals surface area contributed by atoms with Gasteiger partial charge in [0.25, 0.3) is 0 Å². The molecular weight excluding hydrogens is 295 g/mol. The molecule has 2 aromatic rings. The summed E-state index contributed by atoms with van der Waals surface area (Å²) < 4.78 is 45.3. The van der Waals surface area contributed by atoms with Gasteiger partial charge in [0, 0.05) is 11.8 Å². The summed E-state index contributed by atoms with van der Waals surface area (Å²) >= 11 is 0. The van der Waals surface area contributed by atoms with E-state index in [-0.39, 0.29) is 24.6 Å². The van der Waals surface area contributed by atoms with Gasteiger partial charge in [-0.1, -0.05) is 18.2 Å². The van der Waals surface area contributed by atoms with Crippen LogP contribution in [0.15, 0.2) is 42.6 Å². The van der Waals surface area contributed by atoms with Crippen LogP contribution < -0.4 is 9.04 Å². The molecule has 1 aliphatic heterocycles. The van der Waals surface area contributed by atoms with Crippen molar-refractivity contribution in [1.82, 2.24) is 4.98 Å². The van der Waals surface area contributed by atoms with E-state index in [4.69, 9.17) is 4.74 Å². The minimum atomic E-state index is -3.70. The quantitative estimate of drug-likeness (QED) is 0.869. The van der Waals surface area contributed by atoms with Crippen LogP contribution in [0, 0.1) is 5.82 Å². The lowest BCUT2D eigenvalue weighted by atomic mass is 10.2. The van der Waals surface area contributed by atoms with Crippen LogP contribution in [0.2, 0.25) is 0 Å². The number of fused-ring (bicyclic) bond motifs is 1. The molecule has 0 atom stereocenters. The summed E-state index contributed by atoms with van der Waals surface area (Å²) in [4.78, 5) is 4.01. The summed E-state index contributed by atoms with van der Waals surface area (Å²) in [5.74, 6) is -0.643. The van der Waals surface area contributed by atoms with Gasteiger partial charge in [-0.15, -0.1) is 0 Å². The van der Waals surface area contributed by atoms with Gasteiger partial charge in [0.05, 0.1) is 12.3 Å². The summed E-state index contributed by atoms with van der Waals surface area (Å²) in [6.45, 7) is 0.413. The van der Waals surface area contributed by atoms with Crippen molar-refractivity contribution in [2.75, 3.05) is 17.5 Å². The minimum absolute atomic E-state index is 0.148.